The van der Waals surface area contributed by atoms with Crippen LogP contribution in [0.15, 0.2) is 97.3 Å². The molecule has 2 amide bonds. The molecule has 1 saturated heterocycles. The lowest BCUT2D eigenvalue weighted by Crippen LogP contribution is -2.36. The first-order chi connectivity index (χ1) is 19.6. The Hall–Kier alpha value is -4.82. The zero-order chi connectivity index (χ0) is 28.3. The van der Waals surface area contributed by atoms with Crippen molar-refractivity contribution in [3.63, 3.8) is 0 Å². The lowest BCUT2D eigenvalue weighted by molar-refractivity contribution is 0.101. The van der Waals surface area contributed by atoms with Crippen molar-refractivity contribution in [1.29, 1.82) is 0 Å². The first-order valence-electron chi connectivity index (χ1n) is 13.3. The minimum Gasteiger partial charge on any atom is -0.378 e. The molecule has 3 aromatic carbocycles. The summed E-state index contributed by atoms with van der Waals surface area (Å²) in [6.45, 7) is 7.09. The molecule has 0 radical (unpaired) electrons. The van der Waals surface area contributed by atoms with Gasteiger partial charge >= 0.3 is 0 Å². The van der Waals surface area contributed by atoms with E-state index < -0.39 is 0 Å². The number of hydrogen-bond donors (Lipinski definition) is 2. The van der Waals surface area contributed by atoms with Crippen molar-refractivity contribution in [2.45, 2.75) is 13.8 Å². The summed E-state index contributed by atoms with van der Waals surface area (Å²) in [4.78, 5) is 44.0. The van der Waals surface area contributed by atoms with Gasteiger partial charge in [0.1, 0.15) is 0 Å². The Morgan fingerprint density at radius 2 is 1.05 bits per heavy atom. The lowest BCUT2D eigenvalue weighted by Gasteiger charge is -2.28. The fraction of sp³-hybridized carbons (Fsp3) is 0.188. The predicted molar refractivity (Wildman–Crippen MR) is 157 cm³/mol. The number of morpholine rings is 1. The molecule has 0 unspecified atom stereocenters. The zero-order valence-corrected chi connectivity index (χ0v) is 22.6. The molecule has 40 heavy (non-hydrogen) atoms. The molecule has 1 fully saturated rings. The van der Waals surface area contributed by atoms with Crippen LogP contribution in [0.2, 0.25) is 0 Å². The van der Waals surface area contributed by atoms with E-state index in [4.69, 9.17) is 4.74 Å². The number of ether oxygens (including phenoxy) is 1. The largest absolute Gasteiger partial charge is 0.378 e. The molecule has 1 aromatic heterocycles. The molecule has 5 rings (SSSR count). The molecule has 0 atom stereocenters. The Labute approximate surface area is 234 Å². The van der Waals surface area contributed by atoms with E-state index in [-0.39, 0.29) is 17.6 Å². The number of carbonyl (C=O) groups is 3. The van der Waals surface area contributed by atoms with Crippen molar-refractivity contribution in [2.75, 3.05) is 41.8 Å². The van der Waals surface area contributed by atoms with Crippen LogP contribution in [0, 0.1) is 0 Å². The molecule has 1 aliphatic heterocycles. The molecule has 2 N–H and O–H groups in total. The summed E-state index contributed by atoms with van der Waals surface area (Å²) in [5.74, 6) is -0.632. The number of carbonyl (C=O) groups excluding carboxylic acids is 3. The summed E-state index contributed by atoms with van der Waals surface area (Å²) in [6.07, 6.45) is 3.11. The van der Waals surface area contributed by atoms with E-state index in [0.717, 1.165) is 18.8 Å². The van der Waals surface area contributed by atoms with Gasteiger partial charge in [-0.15, -0.1) is 0 Å². The summed E-state index contributed by atoms with van der Waals surface area (Å²) in [5.41, 5.74) is 4.28. The third-order valence-electron chi connectivity index (χ3n) is 6.26. The number of benzene rings is 3. The van der Waals surface area contributed by atoms with Crippen LogP contribution >= 0.6 is 0 Å². The van der Waals surface area contributed by atoms with Gasteiger partial charge < -0.3 is 20.3 Å². The molecule has 1 aliphatic rings. The standard InChI is InChI=1S/C30H26N4O4.C2H6/c35-28(22-3-9-26(10-4-22)33-30(37)24-13-15-31-16-14-24)21-1-7-25(8-2-21)32-29(36)23-5-11-27(12-6-23)34-17-19-38-20-18-34;1-2/h1-16H,17-20H2,(H,32,36)(H,33,37);1-2H3. The Morgan fingerprint density at radius 3 is 1.52 bits per heavy atom. The van der Waals surface area contributed by atoms with Gasteiger partial charge in [0, 0.05) is 64.8 Å². The molecule has 0 saturated carbocycles. The molecule has 4 aromatic rings. The van der Waals surface area contributed by atoms with Gasteiger partial charge in [-0.3, -0.25) is 19.4 Å². The first-order valence-corrected chi connectivity index (χ1v) is 13.3. The molecule has 0 aliphatic carbocycles. The van der Waals surface area contributed by atoms with Crippen LogP contribution in [-0.4, -0.2) is 48.9 Å². The highest BCUT2D eigenvalue weighted by Crippen LogP contribution is 2.19. The Morgan fingerprint density at radius 1 is 0.625 bits per heavy atom. The smallest absolute Gasteiger partial charge is 0.255 e. The first kappa shape index (κ1) is 28.2. The van der Waals surface area contributed by atoms with E-state index in [1.165, 1.54) is 0 Å². The van der Waals surface area contributed by atoms with Crippen LogP contribution in [0.4, 0.5) is 17.1 Å². The molecular weight excluding hydrogens is 504 g/mol. The van der Waals surface area contributed by atoms with Crippen molar-refractivity contribution < 1.29 is 19.1 Å². The summed E-state index contributed by atoms with van der Waals surface area (Å²) in [6, 6.07) is 24.2. The number of amides is 2. The fourth-order valence-corrected chi connectivity index (χ4v) is 4.13. The van der Waals surface area contributed by atoms with Gasteiger partial charge in [0.25, 0.3) is 11.8 Å². The number of nitrogens with zero attached hydrogens (tertiary/aromatic N) is 2. The third-order valence-corrected chi connectivity index (χ3v) is 6.26. The van der Waals surface area contributed by atoms with Gasteiger partial charge in [-0.1, -0.05) is 13.8 Å². The molecule has 0 spiro atoms. The molecule has 2 heterocycles. The Kier molecular flexibility index (Phi) is 9.74. The quantitative estimate of drug-likeness (QED) is 0.295. The fourth-order valence-electron chi connectivity index (χ4n) is 4.13. The molecule has 0 bridgehead atoms. The van der Waals surface area contributed by atoms with Gasteiger partial charge in [0.05, 0.1) is 13.2 Å². The monoisotopic (exact) mass is 536 g/mol. The molecular formula is C32H32N4O4. The van der Waals surface area contributed by atoms with E-state index >= 15 is 0 Å². The number of nitrogens with one attached hydrogen (secondary N) is 2. The van der Waals surface area contributed by atoms with Crippen molar-refractivity contribution in [1.82, 2.24) is 4.98 Å². The highest BCUT2D eigenvalue weighted by Gasteiger charge is 2.14. The second kappa shape index (κ2) is 13.8. The second-order valence-corrected chi connectivity index (χ2v) is 8.77. The molecule has 8 nitrogen and oxygen atoms in total. The van der Waals surface area contributed by atoms with Crippen molar-refractivity contribution in [3.8, 4) is 0 Å². The number of ketones is 1. The van der Waals surface area contributed by atoms with Crippen molar-refractivity contribution in [2.24, 2.45) is 0 Å². The van der Waals surface area contributed by atoms with Gasteiger partial charge in [-0.25, -0.2) is 0 Å². The minimum absolute atomic E-state index is 0.159. The van der Waals surface area contributed by atoms with Gasteiger partial charge in [0.2, 0.25) is 0 Å². The average molecular weight is 537 g/mol. The topological polar surface area (TPSA) is 101 Å². The van der Waals surface area contributed by atoms with Gasteiger partial charge in [-0.05, 0) is 84.9 Å². The van der Waals surface area contributed by atoms with Crippen molar-refractivity contribution in [3.05, 3.63) is 120 Å². The minimum atomic E-state index is -0.253. The van der Waals surface area contributed by atoms with Crippen LogP contribution in [0.25, 0.3) is 0 Å². The lowest BCUT2D eigenvalue weighted by atomic mass is 10.0. The predicted octanol–water partition coefficient (Wildman–Crippen LogP) is 5.68. The highest BCUT2D eigenvalue weighted by molar-refractivity contribution is 6.10. The number of pyridine rings is 1. The maximum atomic E-state index is 12.9. The summed E-state index contributed by atoms with van der Waals surface area (Å²) in [7, 11) is 0. The average Bonchev–Trinajstić information content (AvgIpc) is 3.03. The zero-order valence-electron chi connectivity index (χ0n) is 22.6. The molecule has 8 heteroatoms. The summed E-state index contributed by atoms with van der Waals surface area (Å²) >= 11 is 0. The summed E-state index contributed by atoms with van der Waals surface area (Å²) in [5, 5.41) is 5.67. The van der Waals surface area contributed by atoms with Crippen LogP contribution in [0.1, 0.15) is 50.5 Å². The van der Waals surface area contributed by atoms with E-state index in [0.29, 0.717) is 46.8 Å². The van der Waals surface area contributed by atoms with Crippen LogP contribution in [0.5, 0.6) is 0 Å². The maximum absolute atomic E-state index is 12.9. The molecule has 204 valence electrons. The van der Waals surface area contributed by atoms with Gasteiger partial charge in [0.15, 0.2) is 5.78 Å². The van der Waals surface area contributed by atoms with Gasteiger partial charge in [-0.2, -0.15) is 0 Å². The number of aromatic nitrogens is 1. The van der Waals surface area contributed by atoms with Crippen molar-refractivity contribution >= 4 is 34.7 Å². The number of rotatable bonds is 7. The Bertz CT molecular complexity index is 1410. The second-order valence-electron chi connectivity index (χ2n) is 8.77. The van der Waals surface area contributed by atoms with E-state index in [9.17, 15) is 14.4 Å². The maximum Gasteiger partial charge on any atom is 0.255 e. The number of anilines is 3. The van der Waals surface area contributed by atoms with E-state index in [1.807, 2.05) is 26.0 Å². The third kappa shape index (κ3) is 7.18. The van der Waals surface area contributed by atoms with E-state index in [2.05, 4.69) is 20.5 Å². The normalized spacial score (nSPS) is 12.5. The highest BCUT2D eigenvalue weighted by atomic mass is 16.5. The summed E-state index contributed by atoms with van der Waals surface area (Å²) < 4.78 is 5.39. The van der Waals surface area contributed by atoms with Crippen LogP contribution < -0.4 is 15.5 Å². The van der Waals surface area contributed by atoms with Crippen LogP contribution in [0.3, 0.4) is 0 Å². The van der Waals surface area contributed by atoms with Crippen LogP contribution in [-0.2, 0) is 4.74 Å². The van der Waals surface area contributed by atoms with E-state index in [1.54, 1.807) is 85.2 Å². The SMILES string of the molecule is CC.O=C(Nc1ccc(C(=O)c2ccc(NC(=O)c3ccc(N4CCOCC4)cc3)cc2)cc1)c1ccncc1. The Balaban J connectivity index is 0.00000181. The number of hydrogen-bond acceptors (Lipinski definition) is 6.